The molecule has 1 aromatic heterocycles. The highest BCUT2D eigenvalue weighted by atomic mass is 16.3. The van der Waals surface area contributed by atoms with E-state index >= 15 is 0 Å². The zero-order chi connectivity index (χ0) is 15.5. The summed E-state index contributed by atoms with van der Waals surface area (Å²) in [4.78, 5) is 16.6. The van der Waals surface area contributed by atoms with Crippen molar-refractivity contribution < 1.29 is 9.90 Å². The third-order valence-electron chi connectivity index (χ3n) is 3.59. The van der Waals surface area contributed by atoms with E-state index in [-0.39, 0.29) is 23.3 Å². The maximum absolute atomic E-state index is 12.4. The summed E-state index contributed by atoms with van der Waals surface area (Å²) >= 11 is 0. The van der Waals surface area contributed by atoms with Crippen molar-refractivity contribution in [3.8, 4) is 5.75 Å². The molecule has 1 amide bonds. The Labute approximate surface area is 128 Å². The van der Waals surface area contributed by atoms with E-state index in [1.54, 1.807) is 18.3 Å². The number of nitrogens with one attached hydrogen (secondary N) is 1. The van der Waals surface area contributed by atoms with Gasteiger partial charge in [0.2, 0.25) is 0 Å². The van der Waals surface area contributed by atoms with Gasteiger partial charge >= 0.3 is 0 Å². The molecule has 2 N–H and O–H groups in total. The summed E-state index contributed by atoms with van der Waals surface area (Å²) in [6.45, 7) is 1.86. The number of carbonyl (C=O) groups excluding carboxylic acids is 1. The number of rotatable bonds is 3. The lowest BCUT2D eigenvalue weighted by Gasteiger charge is -2.14. The van der Waals surface area contributed by atoms with E-state index in [4.69, 9.17) is 0 Å². The number of aromatic hydroxyl groups is 1. The summed E-state index contributed by atoms with van der Waals surface area (Å²) in [5.74, 6) is -0.342. The lowest BCUT2D eigenvalue weighted by Crippen LogP contribution is -2.27. The molecule has 0 aliphatic carbocycles. The van der Waals surface area contributed by atoms with E-state index in [1.807, 2.05) is 49.4 Å². The average molecular weight is 292 g/mol. The number of aromatic nitrogens is 1. The number of nitrogens with zero attached hydrogens (tertiary/aromatic N) is 1. The molecule has 0 saturated carbocycles. The SMILES string of the molecule is CC(NC(=O)c1cc2ccccc2cc1O)c1ccccn1. The van der Waals surface area contributed by atoms with Gasteiger partial charge in [-0.2, -0.15) is 0 Å². The van der Waals surface area contributed by atoms with Crippen LogP contribution in [0.5, 0.6) is 5.75 Å². The van der Waals surface area contributed by atoms with Gasteiger partial charge in [0.25, 0.3) is 5.91 Å². The van der Waals surface area contributed by atoms with Crippen LogP contribution in [-0.2, 0) is 0 Å². The first-order chi connectivity index (χ1) is 10.6. The zero-order valence-electron chi connectivity index (χ0n) is 12.2. The Morgan fingerprint density at radius 3 is 2.45 bits per heavy atom. The van der Waals surface area contributed by atoms with Crippen molar-refractivity contribution in [2.24, 2.45) is 0 Å². The van der Waals surface area contributed by atoms with Gasteiger partial charge in [-0.1, -0.05) is 30.3 Å². The summed E-state index contributed by atoms with van der Waals surface area (Å²) in [5.41, 5.74) is 1.04. The molecule has 0 saturated heterocycles. The van der Waals surface area contributed by atoms with Crippen molar-refractivity contribution >= 4 is 16.7 Å². The van der Waals surface area contributed by atoms with Gasteiger partial charge in [-0.3, -0.25) is 9.78 Å². The fourth-order valence-electron chi connectivity index (χ4n) is 2.39. The number of carbonyl (C=O) groups is 1. The van der Waals surface area contributed by atoms with Crippen molar-refractivity contribution in [1.29, 1.82) is 0 Å². The second kappa shape index (κ2) is 5.85. The standard InChI is InChI=1S/C18H16N2O2/c1-12(16-8-4-5-9-19-16)20-18(22)15-10-13-6-2-3-7-14(13)11-17(15)21/h2-12,21H,1H3,(H,20,22). The van der Waals surface area contributed by atoms with E-state index in [2.05, 4.69) is 10.3 Å². The number of hydrogen-bond acceptors (Lipinski definition) is 3. The van der Waals surface area contributed by atoms with Crippen LogP contribution in [0, 0.1) is 0 Å². The number of pyridine rings is 1. The molecule has 0 fully saturated rings. The van der Waals surface area contributed by atoms with Crippen LogP contribution in [0.2, 0.25) is 0 Å². The smallest absolute Gasteiger partial charge is 0.255 e. The van der Waals surface area contributed by atoms with Gasteiger partial charge in [-0.25, -0.2) is 0 Å². The molecular weight excluding hydrogens is 276 g/mol. The number of amides is 1. The first-order valence-corrected chi connectivity index (χ1v) is 7.08. The molecule has 3 rings (SSSR count). The van der Waals surface area contributed by atoms with Gasteiger partial charge in [-0.15, -0.1) is 0 Å². The Morgan fingerprint density at radius 2 is 1.77 bits per heavy atom. The summed E-state index contributed by atoms with van der Waals surface area (Å²) in [7, 11) is 0. The van der Waals surface area contributed by atoms with Crippen LogP contribution in [-0.4, -0.2) is 16.0 Å². The maximum atomic E-state index is 12.4. The number of fused-ring (bicyclic) bond motifs is 1. The first-order valence-electron chi connectivity index (χ1n) is 7.08. The van der Waals surface area contributed by atoms with Crippen LogP contribution >= 0.6 is 0 Å². The van der Waals surface area contributed by atoms with Gasteiger partial charge < -0.3 is 10.4 Å². The molecule has 0 aliphatic heterocycles. The van der Waals surface area contributed by atoms with Crippen LogP contribution in [0.25, 0.3) is 10.8 Å². The van der Waals surface area contributed by atoms with Crippen LogP contribution < -0.4 is 5.32 Å². The Bertz CT molecular complexity index is 816. The van der Waals surface area contributed by atoms with Crippen molar-refractivity contribution in [3.63, 3.8) is 0 Å². The molecule has 2 aromatic carbocycles. The predicted molar refractivity (Wildman–Crippen MR) is 85.7 cm³/mol. The highest BCUT2D eigenvalue weighted by Gasteiger charge is 2.16. The molecule has 22 heavy (non-hydrogen) atoms. The molecular formula is C18H16N2O2. The van der Waals surface area contributed by atoms with Crippen molar-refractivity contribution in [1.82, 2.24) is 10.3 Å². The van der Waals surface area contributed by atoms with Crippen molar-refractivity contribution in [3.05, 3.63) is 72.1 Å². The molecule has 1 heterocycles. The summed E-state index contributed by atoms with van der Waals surface area (Å²) in [6.07, 6.45) is 1.69. The topological polar surface area (TPSA) is 62.2 Å². The molecule has 0 radical (unpaired) electrons. The summed E-state index contributed by atoms with van der Waals surface area (Å²) < 4.78 is 0. The maximum Gasteiger partial charge on any atom is 0.255 e. The van der Waals surface area contributed by atoms with Crippen LogP contribution in [0.15, 0.2) is 60.8 Å². The third-order valence-corrected chi connectivity index (χ3v) is 3.59. The van der Waals surface area contributed by atoms with E-state index in [1.165, 1.54) is 0 Å². The van der Waals surface area contributed by atoms with Crippen LogP contribution in [0.4, 0.5) is 0 Å². The minimum Gasteiger partial charge on any atom is -0.507 e. The molecule has 3 aromatic rings. The highest BCUT2D eigenvalue weighted by Crippen LogP contribution is 2.25. The number of benzene rings is 2. The molecule has 0 bridgehead atoms. The highest BCUT2D eigenvalue weighted by molar-refractivity contribution is 6.01. The second-order valence-corrected chi connectivity index (χ2v) is 5.17. The van der Waals surface area contributed by atoms with E-state index in [0.29, 0.717) is 0 Å². The molecule has 1 unspecified atom stereocenters. The van der Waals surface area contributed by atoms with Crippen LogP contribution in [0.3, 0.4) is 0 Å². The Kier molecular flexibility index (Phi) is 3.74. The Balaban J connectivity index is 1.87. The zero-order valence-corrected chi connectivity index (χ0v) is 12.2. The molecule has 4 nitrogen and oxygen atoms in total. The van der Waals surface area contributed by atoms with E-state index in [9.17, 15) is 9.90 Å². The molecule has 1 atom stereocenters. The molecule has 0 spiro atoms. The summed E-state index contributed by atoms with van der Waals surface area (Å²) in [6, 6.07) is 16.2. The van der Waals surface area contributed by atoms with Gasteiger partial charge in [0.1, 0.15) is 5.75 Å². The predicted octanol–water partition coefficient (Wildman–Crippen LogP) is 3.43. The monoisotopic (exact) mass is 292 g/mol. The minimum absolute atomic E-state index is 0.0237. The largest absolute Gasteiger partial charge is 0.507 e. The molecule has 110 valence electrons. The van der Waals surface area contributed by atoms with E-state index < -0.39 is 0 Å². The second-order valence-electron chi connectivity index (χ2n) is 5.17. The van der Waals surface area contributed by atoms with Gasteiger partial charge in [0.15, 0.2) is 0 Å². The number of phenolic OH excluding ortho intramolecular Hbond substituents is 1. The third kappa shape index (κ3) is 2.76. The number of hydrogen-bond donors (Lipinski definition) is 2. The Morgan fingerprint density at radius 1 is 1.09 bits per heavy atom. The fraction of sp³-hybridized carbons (Fsp3) is 0.111. The first kappa shape index (κ1) is 14.1. The van der Waals surface area contributed by atoms with E-state index in [0.717, 1.165) is 16.5 Å². The molecule has 0 aliphatic rings. The molecule has 4 heteroatoms. The minimum atomic E-state index is -0.318. The average Bonchev–Trinajstić information content (AvgIpc) is 2.54. The van der Waals surface area contributed by atoms with Gasteiger partial charge in [-0.05, 0) is 42.0 Å². The lowest BCUT2D eigenvalue weighted by molar-refractivity contribution is 0.0936. The van der Waals surface area contributed by atoms with Crippen LogP contribution in [0.1, 0.15) is 29.0 Å². The fourth-order valence-corrected chi connectivity index (χ4v) is 2.39. The van der Waals surface area contributed by atoms with Crippen molar-refractivity contribution in [2.45, 2.75) is 13.0 Å². The van der Waals surface area contributed by atoms with Crippen molar-refractivity contribution in [2.75, 3.05) is 0 Å². The van der Waals surface area contributed by atoms with Gasteiger partial charge in [0, 0.05) is 6.20 Å². The summed E-state index contributed by atoms with van der Waals surface area (Å²) in [5, 5.41) is 14.8. The van der Waals surface area contributed by atoms with Gasteiger partial charge in [0.05, 0.1) is 17.3 Å². The Hall–Kier alpha value is -2.88. The number of phenols is 1. The normalized spacial score (nSPS) is 12.0. The quantitative estimate of drug-likeness (QED) is 0.777. The lowest BCUT2D eigenvalue weighted by atomic mass is 10.0.